The molecule has 0 radical (unpaired) electrons. The molecule has 0 amide bonds. The van der Waals surface area contributed by atoms with Crippen LogP contribution in [0, 0.1) is 5.82 Å². The molecule has 0 aromatic heterocycles. The number of halogens is 1. The first-order valence-corrected chi connectivity index (χ1v) is 6.01. The average Bonchev–Trinajstić information content (AvgIpc) is 2.39. The van der Waals surface area contributed by atoms with Crippen molar-refractivity contribution in [2.24, 2.45) is 0 Å². The van der Waals surface area contributed by atoms with Crippen molar-refractivity contribution in [1.29, 1.82) is 0 Å². The maximum absolute atomic E-state index is 13.8. The molecule has 0 aliphatic heterocycles. The number of hydrogen-bond donors (Lipinski definition) is 0. The summed E-state index contributed by atoms with van der Waals surface area (Å²) < 4.78 is 13.8. The van der Waals surface area contributed by atoms with Gasteiger partial charge in [-0.05, 0) is 42.7 Å². The van der Waals surface area contributed by atoms with Crippen LogP contribution in [0.2, 0.25) is 0 Å². The van der Waals surface area contributed by atoms with E-state index >= 15 is 0 Å². The van der Waals surface area contributed by atoms with Gasteiger partial charge < -0.3 is 0 Å². The summed E-state index contributed by atoms with van der Waals surface area (Å²) >= 11 is 0. The Morgan fingerprint density at radius 2 is 1.94 bits per heavy atom. The fraction of sp³-hybridized carbons (Fsp3) is 0.188. The average molecular weight is 242 g/mol. The zero-order valence-electron chi connectivity index (χ0n) is 10.5. The van der Waals surface area contributed by atoms with Crippen LogP contribution >= 0.6 is 0 Å². The summed E-state index contributed by atoms with van der Waals surface area (Å²) in [4.78, 5) is 11.3. The standard InChI is InChI=1S/C16H15FO/c1-3-12-5-4-6-14(9-12)15-10-13(11(2)18)7-8-16(15)17/h4-10H,3H2,1-2H3. The topological polar surface area (TPSA) is 17.1 Å². The van der Waals surface area contributed by atoms with Crippen LogP contribution in [-0.4, -0.2) is 5.78 Å². The number of ketones is 1. The maximum Gasteiger partial charge on any atom is 0.159 e. The van der Waals surface area contributed by atoms with Crippen LogP contribution in [0.4, 0.5) is 4.39 Å². The zero-order valence-corrected chi connectivity index (χ0v) is 10.5. The van der Waals surface area contributed by atoms with Gasteiger partial charge in [0.1, 0.15) is 5.82 Å². The van der Waals surface area contributed by atoms with Crippen LogP contribution in [0.1, 0.15) is 29.8 Å². The summed E-state index contributed by atoms with van der Waals surface area (Å²) in [5.74, 6) is -0.351. The highest BCUT2D eigenvalue weighted by atomic mass is 19.1. The molecule has 0 N–H and O–H groups in total. The molecule has 0 atom stereocenters. The molecule has 0 bridgehead atoms. The molecular formula is C16H15FO. The third-order valence-electron chi connectivity index (χ3n) is 3.02. The van der Waals surface area contributed by atoms with E-state index in [1.807, 2.05) is 24.3 Å². The fourth-order valence-electron chi connectivity index (χ4n) is 1.92. The van der Waals surface area contributed by atoms with E-state index in [2.05, 4.69) is 6.92 Å². The van der Waals surface area contributed by atoms with Gasteiger partial charge in [0.15, 0.2) is 5.78 Å². The number of aryl methyl sites for hydroxylation is 1. The number of carbonyl (C=O) groups is 1. The first-order chi connectivity index (χ1) is 8.61. The summed E-state index contributed by atoms with van der Waals surface area (Å²) in [7, 11) is 0. The quantitative estimate of drug-likeness (QED) is 0.735. The Morgan fingerprint density at radius 3 is 2.61 bits per heavy atom. The SMILES string of the molecule is CCc1cccc(-c2cc(C(C)=O)ccc2F)c1. The molecule has 2 rings (SSSR count). The summed E-state index contributed by atoms with van der Waals surface area (Å²) in [5, 5.41) is 0. The first-order valence-electron chi connectivity index (χ1n) is 6.01. The predicted octanol–water partition coefficient (Wildman–Crippen LogP) is 4.26. The van der Waals surface area contributed by atoms with Gasteiger partial charge >= 0.3 is 0 Å². The molecule has 92 valence electrons. The minimum Gasteiger partial charge on any atom is -0.295 e. The van der Waals surface area contributed by atoms with E-state index in [1.165, 1.54) is 19.1 Å². The Bertz CT molecular complexity index is 587. The molecule has 0 spiro atoms. The van der Waals surface area contributed by atoms with Crippen molar-refractivity contribution < 1.29 is 9.18 Å². The minimum atomic E-state index is -0.298. The molecule has 0 saturated carbocycles. The lowest BCUT2D eigenvalue weighted by molar-refractivity contribution is 0.101. The molecule has 2 heteroatoms. The van der Waals surface area contributed by atoms with E-state index in [-0.39, 0.29) is 11.6 Å². The highest BCUT2D eigenvalue weighted by molar-refractivity contribution is 5.95. The molecule has 2 aromatic rings. The van der Waals surface area contributed by atoms with E-state index in [0.717, 1.165) is 17.5 Å². The number of carbonyl (C=O) groups excluding carboxylic acids is 1. The molecule has 1 nitrogen and oxygen atoms in total. The van der Waals surface area contributed by atoms with E-state index in [1.54, 1.807) is 6.07 Å². The summed E-state index contributed by atoms with van der Waals surface area (Å²) in [6.07, 6.45) is 0.905. The molecular weight excluding hydrogens is 227 g/mol. The van der Waals surface area contributed by atoms with Crippen LogP contribution < -0.4 is 0 Å². The summed E-state index contributed by atoms with van der Waals surface area (Å²) in [6.45, 7) is 3.54. The van der Waals surface area contributed by atoms with Crippen molar-refractivity contribution in [1.82, 2.24) is 0 Å². The highest BCUT2D eigenvalue weighted by Gasteiger charge is 2.08. The lowest BCUT2D eigenvalue weighted by atomic mass is 9.99. The van der Waals surface area contributed by atoms with Gasteiger partial charge in [-0.3, -0.25) is 4.79 Å². The molecule has 18 heavy (non-hydrogen) atoms. The van der Waals surface area contributed by atoms with E-state index in [9.17, 15) is 9.18 Å². The third-order valence-corrected chi connectivity index (χ3v) is 3.02. The van der Waals surface area contributed by atoms with Crippen LogP contribution in [0.3, 0.4) is 0 Å². The van der Waals surface area contributed by atoms with Gasteiger partial charge in [-0.25, -0.2) is 4.39 Å². The van der Waals surface area contributed by atoms with E-state index in [0.29, 0.717) is 11.1 Å². The number of Topliss-reactive ketones (excluding diaryl/α,β-unsaturated/α-hetero) is 1. The Morgan fingerprint density at radius 1 is 1.17 bits per heavy atom. The van der Waals surface area contributed by atoms with Crippen LogP contribution in [0.25, 0.3) is 11.1 Å². The molecule has 0 fully saturated rings. The zero-order chi connectivity index (χ0) is 13.1. The van der Waals surface area contributed by atoms with Gasteiger partial charge in [-0.2, -0.15) is 0 Å². The Kier molecular flexibility index (Phi) is 3.56. The molecule has 0 saturated heterocycles. The first kappa shape index (κ1) is 12.5. The summed E-state index contributed by atoms with van der Waals surface area (Å²) in [6, 6.07) is 12.2. The van der Waals surface area contributed by atoms with Crippen LogP contribution in [-0.2, 0) is 6.42 Å². The largest absolute Gasteiger partial charge is 0.295 e. The summed E-state index contributed by atoms with van der Waals surface area (Å²) in [5.41, 5.74) is 2.99. The van der Waals surface area contributed by atoms with Crippen LogP contribution in [0.5, 0.6) is 0 Å². The van der Waals surface area contributed by atoms with E-state index < -0.39 is 0 Å². The third kappa shape index (κ3) is 2.48. The van der Waals surface area contributed by atoms with Gasteiger partial charge in [0.25, 0.3) is 0 Å². The van der Waals surface area contributed by atoms with Crippen molar-refractivity contribution in [2.75, 3.05) is 0 Å². The van der Waals surface area contributed by atoms with Gasteiger partial charge in [0.05, 0.1) is 0 Å². The maximum atomic E-state index is 13.8. The molecule has 0 aliphatic carbocycles. The van der Waals surface area contributed by atoms with Gasteiger partial charge in [-0.15, -0.1) is 0 Å². The minimum absolute atomic E-state index is 0.0529. The second-order valence-corrected chi connectivity index (χ2v) is 4.30. The highest BCUT2D eigenvalue weighted by Crippen LogP contribution is 2.25. The van der Waals surface area contributed by atoms with E-state index in [4.69, 9.17) is 0 Å². The van der Waals surface area contributed by atoms with Crippen molar-refractivity contribution in [3.8, 4) is 11.1 Å². The van der Waals surface area contributed by atoms with Gasteiger partial charge in [-0.1, -0.05) is 31.2 Å². The Labute approximate surface area is 106 Å². The van der Waals surface area contributed by atoms with Gasteiger partial charge in [0.2, 0.25) is 0 Å². The smallest absolute Gasteiger partial charge is 0.159 e. The number of rotatable bonds is 3. The lowest BCUT2D eigenvalue weighted by Gasteiger charge is -2.07. The lowest BCUT2D eigenvalue weighted by Crippen LogP contribution is -1.95. The van der Waals surface area contributed by atoms with Crippen molar-refractivity contribution in [3.63, 3.8) is 0 Å². The van der Waals surface area contributed by atoms with Crippen molar-refractivity contribution in [3.05, 3.63) is 59.4 Å². The number of hydrogen-bond acceptors (Lipinski definition) is 1. The van der Waals surface area contributed by atoms with Gasteiger partial charge in [0, 0.05) is 11.1 Å². The van der Waals surface area contributed by atoms with Crippen molar-refractivity contribution in [2.45, 2.75) is 20.3 Å². The van der Waals surface area contributed by atoms with Crippen LogP contribution in [0.15, 0.2) is 42.5 Å². The molecule has 0 aliphatic rings. The Balaban J connectivity index is 2.54. The predicted molar refractivity (Wildman–Crippen MR) is 71.2 cm³/mol. The second-order valence-electron chi connectivity index (χ2n) is 4.30. The second kappa shape index (κ2) is 5.13. The normalized spacial score (nSPS) is 10.4. The molecule has 0 unspecified atom stereocenters. The fourth-order valence-corrected chi connectivity index (χ4v) is 1.92. The molecule has 0 heterocycles. The number of benzene rings is 2. The van der Waals surface area contributed by atoms with Crippen molar-refractivity contribution >= 4 is 5.78 Å². The Hall–Kier alpha value is -1.96. The molecule has 2 aromatic carbocycles. The monoisotopic (exact) mass is 242 g/mol.